The van der Waals surface area contributed by atoms with Gasteiger partial charge in [0.15, 0.2) is 0 Å². The molecule has 0 amide bonds. The van der Waals surface area contributed by atoms with E-state index in [1.165, 1.54) is 11.1 Å². The number of aryl methyl sites for hydroxylation is 1. The van der Waals surface area contributed by atoms with Crippen molar-refractivity contribution in [3.63, 3.8) is 0 Å². The highest BCUT2D eigenvalue weighted by Crippen LogP contribution is 2.18. The van der Waals surface area contributed by atoms with Crippen LogP contribution in [0.2, 0.25) is 0 Å². The maximum Gasteiger partial charge on any atom is 0.122 e. The quantitative estimate of drug-likeness (QED) is 0.736. The van der Waals surface area contributed by atoms with Gasteiger partial charge in [0.1, 0.15) is 5.75 Å². The average molecular weight is 165 g/mol. The third kappa shape index (κ3) is 1.98. The van der Waals surface area contributed by atoms with Gasteiger partial charge in [-0.3, -0.25) is 0 Å². The van der Waals surface area contributed by atoms with Crippen LogP contribution in [0.15, 0.2) is 18.2 Å². The first kappa shape index (κ1) is 9.07. The molecule has 0 fully saturated rings. The molecule has 1 N–H and O–H groups in total. The van der Waals surface area contributed by atoms with Crippen molar-refractivity contribution in [2.45, 2.75) is 13.5 Å². The second-order valence-electron chi connectivity index (χ2n) is 2.83. The molecule has 1 aromatic rings. The minimum Gasteiger partial charge on any atom is -0.496 e. The zero-order chi connectivity index (χ0) is 8.97. The summed E-state index contributed by atoms with van der Waals surface area (Å²) in [5, 5.41) is 3.10. The van der Waals surface area contributed by atoms with Gasteiger partial charge in [0.05, 0.1) is 7.11 Å². The molecule has 0 aliphatic rings. The minimum absolute atomic E-state index is 0.886. The molecule has 0 aliphatic carbocycles. The van der Waals surface area contributed by atoms with Crippen molar-refractivity contribution >= 4 is 0 Å². The summed E-state index contributed by atoms with van der Waals surface area (Å²) in [6.07, 6.45) is 0. The fourth-order valence-corrected chi connectivity index (χ4v) is 1.18. The van der Waals surface area contributed by atoms with Gasteiger partial charge in [0.2, 0.25) is 0 Å². The van der Waals surface area contributed by atoms with Gasteiger partial charge in [-0.25, -0.2) is 0 Å². The Morgan fingerprint density at radius 3 is 2.75 bits per heavy atom. The molecule has 0 saturated carbocycles. The summed E-state index contributed by atoms with van der Waals surface area (Å²) in [7, 11) is 3.64. The van der Waals surface area contributed by atoms with E-state index < -0.39 is 0 Å². The Balaban J connectivity index is 2.89. The SMILES string of the molecule is CNCc1ccc(C)c(OC)c1. The van der Waals surface area contributed by atoms with Crippen LogP contribution < -0.4 is 10.1 Å². The highest BCUT2D eigenvalue weighted by atomic mass is 16.5. The summed E-state index contributed by atoms with van der Waals surface area (Å²) in [5.74, 6) is 0.961. The van der Waals surface area contributed by atoms with Crippen LogP contribution in [0.5, 0.6) is 5.75 Å². The van der Waals surface area contributed by atoms with Gasteiger partial charge in [-0.15, -0.1) is 0 Å². The average Bonchev–Trinajstić information content (AvgIpc) is 2.09. The van der Waals surface area contributed by atoms with E-state index in [-0.39, 0.29) is 0 Å². The van der Waals surface area contributed by atoms with Gasteiger partial charge in [0.25, 0.3) is 0 Å². The molecule has 2 nitrogen and oxygen atoms in total. The van der Waals surface area contributed by atoms with E-state index in [9.17, 15) is 0 Å². The van der Waals surface area contributed by atoms with Crippen LogP contribution in [-0.4, -0.2) is 14.2 Å². The number of hydrogen-bond acceptors (Lipinski definition) is 2. The smallest absolute Gasteiger partial charge is 0.122 e. The second-order valence-corrected chi connectivity index (χ2v) is 2.83. The summed E-state index contributed by atoms with van der Waals surface area (Å²) < 4.78 is 5.20. The van der Waals surface area contributed by atoms with Crippen molar-refractivity contribution in [3.05, 3.63) is 29.3 Å². The van der Waals surface area contributed by atoms with E-state index in [4.69, 9.17) is 4.74 Å². The molecular formula is C10H15NO. The number of nitrogens with one attached hydrogen (secondary N) is 1. The summed E-state index contributed by atoms with van der Waals surface area (Å²) in [4.78, 5) is 0. The van der Waals surface area contributed by atoms with Crippen molar-refractivity contribution in [1.29, 1.82) is 0 Å². The van der Waals surface area contributed by atoms with Crippen LogP contribution in [-0.2, 0) is 6.54 Å². The van der Waals surface area contributed by atoms with E-state index in [1.807, 2.05) is 14.0 Å². The predicted molar refractivity (Wildman–Crippen MR) is 50.5 cm³/mol. The molecule has 0 bridgehead atoms. The third-order valence-electron chi connectivity index (χ3n) is 1.85. The molecule has 0 radical (unpaired) electrons. The van der Waals surface area contributed by atoms with Gasteiger partial charge in [-0.05, 0) is 31.2 Å². The number of methoxy groups -OCH3 is 1. The van der Waals surface area contributed by atoms with Crippen LogP contribution in [0.3, 0.4) is 0 Å². The van der Waals surface area contributed by atoms with E-state index >= 15 is 0 Å². The number of ether oxygens (including phenoxy) is 1. The number of benzene rings is 1. The normalized spacial score (nSPS) is 9.92. The lowest BCUT2D eigenvalue weighted by Crippen LogP contribution is -2.05. The molecule has 12 heavy (non-hydrogen) atoms. The van der Waals surface area contributed by atoms with Crippen molar-refractivity contribution in [1.82, 2.24) is 5.32 Å². The Bertz CT molecular complexity index is 258. The molecule has 0 aliphatic heterocycles. The van der Waals surface area contributed by atoms with E-state index in [2.05, 4.69) is 23.5 Å². The summed E-state index contributed by atoms with van der Waals surface area (Å²) >= 11 is 0. The molecule has 0 aromatic heterocycles. The number of hydrogen-bond donors (Lipinski definition) is 1. The molecule has 1 aromatic carbocycles. The molecule has 0 atom stereocenters. The molecule has 0 heterocycles. The Kier molecular flexibility index (Phi) is 3.11. The summed E-state index contributed by atoms with van der Waals surface area (Å²) in [6.45, 7) is 2.93. The summed E-state index contributed by atoms with van der Waals surface area (Å²) in [5.41, 5.74) is 2.43. The first-order valence-corrected chi connectivity index (χ1v) is 4.06. The largest absolute Gasteiger partial charge is 0.496 e. The number of rotatable bonds is 3. The standard InChI is InChI=1S/C10H15NO/c1-8-4-5-9(7-11-2)6-10(8)12-3/h4-6,11H,7H2,1-3H3. The van der Waals surface area contributed by atoms with E-state index in [0.717, 1.165) is 12.3 Å². The van der Waals surface area contributed by atoms with E-state index in [1.54, 1.807) is 7.11 Å². The predicted octanol–water partition coefficient (Wildman–Crippen LogP) is 1.72. The molecule has 0 saturated heterocycles. The fraction of sp³-hybridized carbons (Fsp3) is 0.400. The molecule has 0 unspecified atom stereocenters. The van der Waals surface area contributed by atoms with Crippen molar-refractivity contribution in [2.24, 2.45) is 0 Å². The summed E-state index contributed by atoms with van der Waals surface area (Å²) in [6, 6.07) is 6.24. The lowest BCUT2D eigenvalue weighted by atomic mass is 10.1. The Hall–Kier alpha value is -1.02. The van der Waals surface area contributed by atoms with Gasteiger partial charge >= 0.3 is 0 Å². The fourth-order valence-electron chi connectivity index (χ4n) is 1.18. The maximum absolute atomic E-state index is 5.20. The first-order chi connectivity index (χ1) is 5.77. The van der Waals surface area contributed by atoms with Gasteiger partial charge in [-0.1, -0.05) is 12.1 Å². The van der Waals surface area contributed by atoms with Crippen LogP contribution in [0.25, 0.3) is 0 Å². The maximum atomic E-state index is 5.20. The molecule has 0 spiro atoms. The molecular weight excluding hydrogens is 150 g/mol. The second kappa shape index (κ2) is 4.12. The van der Waals surface area contributed by atoms with Crippen molar-refractivity contribution < 1.29 is 4.74 Å². The van der Waals surface area contributed by atoms with Crippen LogP contribution in [0, 0.1) is 6.92 Å². The van der Waals surface area contributed by atoms with Crippen molar-refractivity contribution in [3.8, 4) is 5.75 Å². The van der Waals surface area contributed by atoms with Crippen LogP contribution >= 0.6 is 0 Å². The van der Waals surface area contributed by atoms with Gasteiger partial charge in [-0.2, -0.15) is 0 Å². The zero-order valence-electron chi connectivity index (χ0n) is 7.85. The van der Waals surface area contributed by atoms with Gasteiger partial charge < -0.3 is 10.1 Å². The topological polar surface area (TPSA) is 21.3 Å². The minimum atomic E-state index is 0.886. The Labute approximate surface area is 73.6 Å². The lowest BCUT2D eigenvalue weighted by Gasteiger charge is -2.06. The van der Waals surface area contributed by atoms with E-state index in [0.29, 0.717) is 0 Å². The highest BCUT2D eigenvalue weighted by Gasteiger charge is 1.98. The first-order valence-electron chi connectivity index (χ1n) is 4.06. The highest BCUT2D eigenvalue weighted by molar-refractivity contribution is 5.36. The Morgan fingerprint density at radius 1 is 1.42 bits per heavy atom. The molecule has 66 valence electrons. The van der Waals surface area contributed by atoms with Crippen LogP contribution in [0.4, 0.5) is 0 Å². The molecule has 1 rings (SSSR count). The third-order valence-corrected chi connectivity index (χ3v) is 1.85. The monoisotopic (exact) mass is 165 g/mol. The Morgan fingerprint density at radius 2 is 2.17 bits per heavy atom. The zero-order valence-corrected chi connectivity index (χ0v) is 7.85. The molecule has 2 heteroatoms. The lowest BCUT2D eigenvalue weighted by molar-refractivity contribution is 0.411. The van der Waals surface area contributed by atoms with Crippen molar-refractivity contribution in [2.75, 3.05) is 14.2 Å². The van der Waals surface area contributed by atoms with Gasteiger partial charge in [0, 0.05) is 6.54 Å². The van der Waals surface area contributed by atoms with Crippen LogP contribution in [0.1, 0.15) is 11.1 Å².